The maximum Gasteiger partial charge on any atom is 0.238 e. The smallest absolute Gasteiger partial charge is 0.238 e. The minimum atomic E-state index is -0.791. The highest BCUT2D eigenvalue weighted by Crippen LogP contribution is 2.22. The van der Waals surface area contributed by atoms with Crippen molar-refractivity contribution in [3.8, 4) is 5.69 Å². The summed E-state index contributed by atoms with van der Waals surface area (Å²) in [5.41, 5.74) is 0.904. The van der Waals surface area contributed by atoms with Gasteiger partial charge in [0.25, 0.3) is 0 Å². The highest BCUT2D eigenvalue weighted by atomic mass is 35.5. The zero-order chi connectivity index (χ0) is 21.1. The number of halogens is 5. The average molecular weight is 505 g/mol. The van der Waals surface area contributed by atoms with E-state index < -0.39 is 11.6 Å². The molecule has 32 heavy (non-hydrogen) atoms. The Labute approximate surface area is 202 Å². The Morgan fingerprint density at radius 1 is 1.06 bits per heavy atom. The number of amides is 1. The number of piperazine rings is 1. The second kappa shape index (κ2) is 11.5. The fourth-order valence-corrected chi connectivity index (χ4v) is 3.63. The molecule has 1 aromatic heterocycles. The van der Waals surface area contributed by atoms with Gasteiger partial charge < -0.3 is 10.2 Å². The summed E-state index contributed by atoms with van der Waals surface area (Å²) < 4.78 is 28.7. The molecule has 0 spiro atoms. The molecule has 6 nitrogen and oxygen atoms in total. The van der Waals surface area contributed by atoms with Crippen molar-refractivity contribution < 1.29 is 13.6 Å². The van der Waals surface area contributed by atoms with Crippen LogP contribution in [0.15, 0.2) is 54.9 Å². The van der Waals surface area contributed by atoms with Crippen LogP contribution in [0.2, 0.25) is 5.02 Å². The van der Waals surface area contributed by atoms with Gasteiger partial charge in [0.2, 0.25) is 11.9 Å². The predicted molar refractivity (Wildman–Crippen MR) is 127 cm³/mol. The van der Waals surface area contributed by atoms with Crippen LogP contribution in [-0.2, 0) is 4.79 Å². The first-order valence-corrected chi connectivity index (χ1v) is 9.89. The minimum Gasteiger partial charge on any atom is -0.339 e. The van der Waals surface area contributed by atoms with Crippen molar-refractivity contribution in [3.05, 3.63) is 71.5 Å². The molecule has 0 radical (unpaired) electrons. The Hall–Kier alpha value is -2.39. The number of rotatable bonds is 5. The minimum absolute atomic E-state index is 0. The Bertz CT molecular complexity index is 1060. The molecule has 0 bridgehead atoms. The number of anilines is 2. The quantitative estimate of drug-likeness (QED) is 0.559. The first-order chi connectivity index (χ1) is 14.5. The van der Waals surface area contributed by atoms with Crippen LogP contribution in [0.25, 0.3) is 5.69 Å². The molecule has 0 atom stereocenters. The van der Waals surface area contributed by atoms with Crippen LogP contribution < -0.4 is 10.2 Å². The third kappa shape index (κ3) is 6.10. The van der Waals surface area contributed by atoms with Gasteiger partial charge in [0.05, 0.1) is 12.2 Å². The number of benzene rings is 2. The van der Waals surface area contributed by atoms with Gasteiger partial charge in [-0.25, -0.2) is 13.8 Å². The van der Waals surface area contributed by atoms with E-state index in [1.54, 1.807) is 6.20 Å². The topological polar surface area (TPSA) is 53.4 Å². The summed E-state index contributed by atoms with van der Waals surface area (Å²) in [6.45, 7) is 2.82. The van der Waals surface area contributed by atoms with E-state index in [1.807, 2.05) is 39.9 Å². The van der Waals surface area contributed by atoms with E-state index in [4.69, 9.17) is 11.6 Å². The number of carbonyl (C=O) groups is 1. The number of aromatic nitrogens is 2. The van der Waals surface area contributed by atoms with Gasteiger partial charge in [-0.1, -0.05) is 17.7 Å². The van der Waals surface area contributed by atoms with E-state index in [2.05, 4.69) is 15.2 Å². The summed E-state index contributed by atoms with van der Waals surface area (Å²) in [6, 6.07) is 10.6. The maximum absolute atomic E-state index is 13.7. The van der Waals surface area contributed by atoms with Crippen molar-refractivity contribution in [2.75, 3.05) is 42.9 Å². The van der Waals surface area contributed by atoms with Gasteiger partial charge in [-0.3, -0.25) is 14.3 Å². The number of carbonyl (C=O) groups excluding carboxylic acids is 1. The van der Waals surface area contributed by atoms with Gasteiger partial charge >= 0.3 is 0 Å². The molecule has 0 aliphatic carbocycles. The zero-order valence-electron chi connectivity index (χ0n) is 16.9. The first kappa shape index (κ1) is 25.9. The molecule has 1 fully saturated rings. The summed E-state index contributed by atoms with van der Waals surface area (Å²) in [4.78, 5) is 20.9. The molecule has 11 heteroatoms. The monoisotopic (exact) mass is 503 g/mol. The molecule has 3 aromatic rings. The van der Waals surface area contributed by atoms with Crippen molar-refractivity contribution in [1.29, 1.82) is 0 Å². The molecule has 1 aliphatic rings. The molecule has 2 aromatic carbocycles. The highest BCUT2D eigenvalue weighted by Gasteiger charge is 2.22. The summed E-state index contributed by atoms with van der Waals surface area (Å²) in [5, 5.41) is 3.15. The normalized spacial score (nSPS) is 13.8. The van der Waals surface area contributed by atoms with Crippen molar-refractivity contribution >= 4 is 54.0 Å². The van der Waals surface area contributed by atoms with Crippen molar-refractivity contribution in [2.24, 2.45) is 0 Å². The lowest BCUT2D eigenvalue weighted by Crippen LogP contribution is -2.49. The van der Waals surface area contributed by atoms with Gasteiger partial charge in [0.1, 0.15) is 11.6 Å². The molecule has 1 N–H and O–H groups in total. The standard InChI is InChI=1S/C21H20ClF2N5O.2ClH/c22-15-2-1-3-17(12-15)29-7-6-25-21(29)28-10-8-27(9-11-28)14-20(30)26-19-5-4-16(23)13-18(19)24;;/h1-7,12-13H,8-11,14H2,(H,26,30);2*1H. The van der Waals surface area contributed by atoms with Crippen molar-refractivity contribution in [3.63, 3.8) is 0 Å². The lowest BCUT2D eigenvalue weighted by atomic mass is 10.2. The summed E-state index contributed by atoms with van der Waals surface area (Å²) in [5.74, 6) is -0.997. The van der Waals surface area contributed by atoms with Crippen LogP contribution in [0.3, 0.4) is 0 Å². The van der Waals surface area contributed by atoms with Gasteiger partial charge in [0.15, 0.2) is 0 Å². The highest BCUT2D eigenvalue weighted by molar-refractivity contribution is 6.30. The second-order valence-electron chi connectivity index (χ2n) is 7.01. The van der Waals surface area contributed by atoms with Gasteiger partial charge in [-0.15, -0.1) is 24.8 Å². The van der Waals surface area contributed by atoms with Gasteiger partial charge in [0, 0.05) is 55.3 Å². The van der Waals surface area contributed by atoms with Crippen LogP contribution >= 0.6 is 36.4 Å². The molecule has 1 aliphatic heterocycles. The largest absolute Gasteiger partial charge is 0.339 e. The number of hydrogen-bond acceptors (Lipinski definition) is 4. The molecule has 1 amide bonds. The molecule has 0 saturated carbocycles. The maximum atomic E-state index is 13.7. The lowest BCUT2D eigenvalue weighted by Gasteiger charge is -2.35. The molecule has 0 unspecified atom stereocenters. The Morgan fingerprint density at radius 3 is 2.50 bits per heavy atom. The van der Waals surface area contributed by atoms with Crippen molar-refractivity contribution in [1.82, 2.24) is 14.5 Å². The Morgan fingerprint density at radius 2 is 1.81 bits per heavy atom. The molecule has 4 rings (SSSR count). The van der Waals surface area contributed by atoms with E-state index in [-0.39, 0.29) is 43.0 Å². The Balaban J connectivity index is 0.00000181. The first-order valence-electron chi connectivity index (χ1n) is 9.51. The lowest BCUT2D eigenvalue weighted by molar-refractivity contribution is -0.117. The zero-order valence-corrected chi connectivity index (χ0v) is 19.3. The third-order valence-electron chi connectivity index (χ3n) is 4.94. The number of hydrogen-bond donors (Lipinski definition) is 1. The molecule has 2 heterocycles. The number of nitrogens with one attached hydrogen (secondary N) is 1. The van der Waals surface area contributed by atoms with E-state index >= 15 is 0 Å². The van der Waals surface area contributed by atoms with E-state index in [1.165, 1.54) is 6.07 Å². The second-order valence-corrected chi connectivity index (χ2v) is 7.45. The van der Waals surface area contributed by atoms with E-state index in [0.717, 1.165) is 23.8 Å². The number of nitrogens with zero attached hydrogens (tertiary/aromatic N) is 4. The molecule has 1 saturated heterocycles. The SMILES string of the molecule is Cl.Cl.O=C(CN1CCN(c2nccn2-c2cccc(Cl)c2)CC1)Nc1ccc(F)cc1F. The average Bonchev–Trinajstić information content (AvgIpc) is 3.21. The molecular formula is C21H22Cl3F2N5O. The number of imidazole rings is 1. The fourth-order valence-electron chi connectivity index (χ4n) is 3.45. The van der Waals surface area contributed by atoms with Crippen LogP contribution in [0.5, 0.6) is 0 Å². The van der Waals surface area contributed by atoms with Gasteiger partial charge in [-0.05, 0) is 30.3 Å². The van der Waals surface area contributed by atoms with E-state index in [9.17, 15) is 13.6 Å². The van der Waals surface area contributed by atoms with Crippen LogP contribution in [0.4, 0.5) is 20.4 Å². The summed E-state index contributed by atoms with van der Waals surface area (Å²) in [7, 11) is 0. The summed E-state index contributed by atoms with van der Waals surface area (Å²) >= 11 is 6.11. The molecule has 172 valence electrons. The van der Waals surface area contributed by atoms with Crippen LogP contribution in [0, 0.1) is 11.6 Å². The third-order valence-corrected chi connectivity index (χ3v) is 5.17. The Kier molecular flexibility index (Phi) is 9.27. The van der Waals surface area contributed by atoms with Crippen LogP contribution in [-0.4, -0.2) is 53.1 Å². The van der Waals surface area contributed by atoms with Gasteiger partial charge in [-0.2, -0.15) is 0 Å². The van der Waals surface area contributed by atoms with Crippen LogP contribution in [0.1, 0.15) is 0 Å². The van der Waals surface area contributed by atoms with Crippen molar-refractivity contribution in [2.45, 2.75) is 0 Å². The fraction of sp³-hybridized carbons (Fsp3) is 0.238. The summed E-state index contributed by atoms with van der Waals surface area (Å²) in [6.07, 6.45) is 3.63. The molecular weight excluding hydrogens is 483 g/mol. The predicted octanol–water partition coefficient (Wildman–Crippen LogP) is 4.41. The van der Waals surface area contributed by atoms with E-state index in [0.29, 0.717) is 31.2 Å².